The summed E-state index contributed by atoms with van der Waals surface area (Å²) in [5.74, 6) is 1.46. The molecule has 15 heteroatoms. The maximum absolute atomic E-state index is 13.8. The van der Waals surface area contributed by atoms with Crippen molar-refractivity contribution in [3.8, 4) is 68.0 Å². The predicted molar refractivity (Wildman–Crippen MR) is 233 cm³/mol. The summed E-state index contributed by atoms with van der Waals surface area (Å²) < 4.78 is 70.7. The Morgan fingerprint density at radius 2 is 1.31 bits per heavy atom. The number of halogens is 1. The topological polar surface area (TPSA) is 163 Å². The van der Waals surface area contributed by atoms with Crippen LogP contribution in [0.1, 0.15) is 10.4 Å². The highest BCUT2D eigenvalue weighted by atomic mass is 32.2. The second kappa shape index (κ2) is 16.4. The molecule has 9 rings (SSSR count). The first kappa shape index (κ1) is 40.4. The fourth-order valence-corrected chi connectivity index (χ4v) is 7.47. The zero-order valence-electron chi connectivity index (χ0n) is 33.8. The summed E-state index contributed by atoms with van der Waals surface area (Å²) in [6.45, 7) is 0. The fraction of sp³-hybridized carbons (Fsp3) is 0.130. The van der Waals surface area contributed by atoms with Gasteiger partial charge in [-0.15, -0.1) is 0 Å². The highest BCUT2D eigenvalue weighted by Crippen LogP contribution is 2.44. The number of hydrogen-bond donors (Lipinski definition) is 1. The molecule has 4 aromatic heterocycles. The fourth-order valence-electron chi connectivity index (χ4n) is 6.96. The molecule has 61 heavy (non-hydrogen) atoms. The smallest absolute Gasteiger partial charge is 0.232 e. The quantitative estimate of drug-likeness (QED) is 0.130. The Kier molecular flexibility index (Phi) is 10.8. The van der Waals surface area contributed by atoms with Crippen molar-refractivity contribution < 1.29 is 40.3 Å². The molecule has 0 bridgehead atoms. The molecule has 0 saturated carbocycles. The number of hydrogen-bond acceptors (Lipinski definition) is 12. The first-order valence-corrected chi connectivity index (χ1v) is 20.6. The first-order valence-electron chi connectivity index (χ1n) is 18.8. The number of aromatic nitrogens is 3. The van der Waals surface area contributed by atoms with Crippen molar-refractivity contribution >= 4 is 55.3 Å². The lowest BCUT2D eigenvalue weighted by Gasteiger charge is -2.21. The maximum atomic E-state index is 13.8. The molecule has 9 aromatic rings. The van der Waals surface area contributed by atoms with Crippen LogP contribution in [0.5, 0.6) is 11.5 Å². The Morgan fingerprint density at radius 3 is 1.97 bits per heavy atom. The molecule has 0 aliphatic carbocycles. The van der Waals surface area contributed by atoms with Gasteiger partial charge in [-0.25, -0.2) is 22.8 Å². The molecule has 0 aliphatic rings. The lowest BCUT2D eigenvalue weighted by Crippen LogP contribution is -2.25. The molecule has 0 radical (unpaired) electrons. The van der Waals surface area contributed by atoms with Gasteiger partial charge in [0.05, 0.1) is 42.9 Å². The van der Waals surface area contributed by atoms with Crippen molar-refractivity contribution in [1.82, 2.24) is 20.3 Å². The second-order valence-corrected chi connectivity index (χ2v) is 16.0. The molecule has 4 heterocycles. The molecule has 0 atom stereocenters. The standard InChI is InChI=1S/C44H31FN4O8S.C2H7N/c1-49(58(4,51)52)35-22-40-30(33(23-50)41(55-40)24-7-12-28(45)13-8-24)21-29(35)27-11-15-37(54-3)32(19-27)43-47-34-20-26(10-16-38(34)56-43)25-9-14-36(53-2)31(18-25)44-48-42-39(57-44)6-5-17-46-42;1-3-2/h5-23H,1-4H3;3H,1-2H3. The number of sulfonamides is 1. The number of methoxy groups -OCH3 is 2. The van der Waals surface area contributed by atoms with E-state index in [-0.39, 0.29) is 28.5 Å². The van der Waals surface area contributed by atoms with Gasteiger partial charge in [0.1, 0.15) is 34.2 Å². The number of carbonyl (C=O) groups excluding carboxylic acids is 1. The Labute approximate surface area is 349 Å². The van der Waals surface area contributed by atoms with Gasteiger partial charge in [0.25, 0.3) is 0 Å². The Hall–Kier alpha value is -7.36. The summed E-state index contributed by atoms with van der Waals surface area (Å²) in [6, 6.07) is 29.1. The van der Waals surface area contributed by atoms with Crippen LogP contribution in [0.15, 0.2) is 123 Å². The van der Waals surface area contributed by atoms with Crippen LogP contribution in [-0.4, -0.2) is 71.3 Å². The van der Waals surface area contributed by atoms with Crippen LogP contribution in [0.3, 0.4) is 0 Å². The van der Waals surface area contributed by atoms with Crippen molar-refractivity contribution in [3.63, 3.8) is 0 Å². The van der Waals surface area contributed by atoms with Gasteiger partial charge in [0, 0.05) is 35.8 Å². The van der Waals surface area contributed by atoms with E-state index in [2.05, 4.69) is 15.3 Å². The van der Waals surface area contributed by atoms with Gasteiger partial charge >= 0.3 is 0 Å². The van der Waals surface area contributed by atoms with Crippen LogP contribution in [0.2, 0.25) is 0 Å². The van der Waals surface area contributed by atoms with Crippen molar-refractivity contribution in [2.45, 2.75) is 0 Å². The number of carbonyl (C=O) groups is 1. The number of oxazole rings is 2. The highest BCUT2D eigenvalue weighted by molar-refractivity contribution is 7.92. The molecule has 0 saturated heterocycles. The number of ether oxygens (including phenoxy) is 2. The first-order chi connectivity index (χ1) is 29.4. The van der Waals surface area contributed by atoms with E-state index in [9.17, 15) is 17.6 Å². The minimum Gasteiger partial charge on any atom is -0.496 e. The number of anilines is 1. The van der Waals surface area contributed by atoms with Gasteiger partial charge in [-0.2, -0.15) is 4.98 Å². The van der Waals surface area contributed by atoms with E-state index in [1.807, 2.05) is 50.5 Å². The number of pyridine rings is 1. The summed E-state index contributed by atoms with van der Waals surface area (Å²) in [7, 11) is 4.53. The lowest BCUT2D eigenvalue weighted by molar-refractivity contribution is 0.112. The number of nitrogens with one attached hydrogen (secondary N) is 1. The van der Waals surface area contributed by atoms with Crippen molar-refractivity contribution in [2.24, 2.45) is 0 Å². The number of rotatable bonds is 10. The van der Waals surface area contributed by atoms with Crippen LogP contribution >= 0.6 is 0 Å². The zero-order chi connectivity index (χ0) is 43.0. The second-order valence-electron chi connectivity index (χ2n) is 13.9. The summed E-state index contributed by atoms with van der Waals surface area (Å²) >= 11 is 0. The van der Waals surface area contributed by atoms with Crippen molar-refractivity contribution in [3.05, 3.63) is 121 Å². The molecular weight excluding hydrogens is 802 g/mol. The predicted octanol–water partition coefficient (Wildman–Crippen LogP) is 9.65. The van der Waals surface area contributed by atoms with Crippen molar-refractivity contribution in [1.29, 1.82) is 0 Å². The van der Waals surface area contributed by atoms with Gasteiger partial charge in [-0.3, -0.25) is 9.10 Å². The molecular formula is C46H38FN5O8S. The number of aldehydes is 1. The SMILES string of the molecule is CNC.COc1ccc(-c2cc3c(C=O)c(-c4ccc(F)cc4)oc3cc2N(C)S(C)(=O)=O)cc1-c1nc2cc(-c3ccc(OC)c(-c4nc5ncccc5o4)c3)ccc2o1. The normalized spacial score (nSPS) is 11.5. The molecule has 0 fully saturated rings. The molecule has 0 unspecified atom stereocenters. The van der Waals surface area contributed by atoms with Gasteiger partial charge in [0.2, 0.25) is 21.8 Å². The zero-order valence-corrected chi connectivity index (χ0v) is 34.6. The van der Waals surface area contributed by atoms with Crippen LogP contribution in [-0.2, 0) is 10.0 Å². The number of fused-ring (bicyclic) bond motifs is 3. The van der Waals surface area contributed by atoms with E-state index in [0.29, 0.717) is 79.2 Å². The molecule has 1 N–H and O–H groups in total. The third-order valence-corrected chi connectivity index (χ3v) is 11.2. The Bertz CT molecular complexity index is 3180. The maximum Gasteiger partial charge on any atom is 0.232 e. The van der Waals surface area contributed by atoms with Gasteiger partial charge in [-0.05, 0) is 110 Å². The van der Waals surface area contributed by atoms with Crippen LogP contribution < -0.4 is 19.1 Å². The van der Waals surface area contributed by atoms with Gasteiger partial charge < -0.3 is 28.0 Å². The van der Waals surface area contributed by atoms with Crippen LogP contribution in [0, 0.1) is 5.82 Å². The largest absolute Gasteiger partial charge is 0.496 e. The third kappa shape index (κ3) is 7.67. The van der Waals surface area contributed by atoms with E-state index in [1.54, 1.807) is 55.8 Å². The van der Waals surface area contributed by atoms with Crippen molar-refractivity contribution in [2.75, 3.05) is 45.9 Å². The Morgan fingerprint density at radius 1 is 0.705 bits per heavy atom. The summed E-state index contributed by atoms with van der Waals surface area (Å²) in [4.78, 5) is 26.3. The van der Waals surface area contributed by atoms with E-state index < -0.39 is 15.8 Å². The Balaban J connectivity index is 0.00000166. The van der Waals surface area contributed by atoms with E-state index in [4.69, 9.17) is 27.7 Å². The number of furan rings is 1. The summed E-state index contributed by atoms with van der Waals surface area (Å²) in [5.41, 5.74) is 7.32. The van der Waals surface area contributed by atoms with E-state index >= 15 is 0 Å². The average molecular weight is 840 g/mol. The molecule has 0 aliphatic heterocycles. The molecule has 308 valence electrons. The molecule has 13 nitrogen and oxygen atoms in total. The number of benzene rings is 5. The number of nitrogens with zero attached hydrogens (tertiary/aromatic N) is 4. The summed E-state index contributed by atoms with van der Waals surface area (Å²) in [5, 5.41) is 3.19. The monoisotopic (exact) mass is 839 g/mol. The summed E-state index contributed by atoms with van der Waals surface area (Å²) in [6.07, 6.45) is 3.41. The third-order valence-electron chi connectivity index (χ3n) is 9.96. The minimum absolute atomic E-state index is 0.228. The van der Waals surface area contributed by atoms with E-state index in [1.165, 1.54) is 38.4 Å². The molecule has 5 aromatic carbocycles. The van der Waals surface area contributed by atoms with Gasteiger partial charge in [0.15, 0.2) is 23.1 Å². The van der Waals surface area contributed by atoms with Crippen LogP contribution in [0.25, 0.3) is 89.8 Å². The average Bonchev–Trinajstić information content (AvgIpc) is 4.00. The van der Waals surface area contributed by atoms with E-state index in [0.717, 1.165) is 21.7 Å². The highest BCUT2D eigenvalue weighted by Gasteiger charge is 2.25. The molecule has 0 spiro atoms. The molecule has 0 amide bonds. The minimum atomic E-state index is -3.76. The van der Waals surface area contributed by atoms with Gasteiger partial charge in [-0.1, -0.05) is 18.2 Å². The van der Waals surface area contributed by atoms with Crippen LogP contribution in [0.4, 0.5) is 10.1 Å². The lowest BCUT2D eigenvalue weighted by atomic mass is 9.97.